The number of carbonyl (C=O) groups is 2. The van der Waals surface area contributed by atoms with E-state index in [0.29, 0.717) is 47.3 Å². The number of sulfonamides is 1. The van der Waals surface area contributed by atoms with Crippen LogP contribution >= 0.6 is 0 Å². The first kappa shape index (κ1) is 31.1. The third-order valence-electron chi connectivity index (χ3n) is 8.99. The number of hydrogen-bond donors (Lipinski definition) is 4. The van der Waals surface area contributed by atoms with Crippen molar-refractivity contribution in [1.82, 2.24) is 30.6 Å². The number of nitrogens with one attached hydrogen (secondary N) is 4. The van der Waals surface area contributed by atoms with Crippen LogP contribution in [0.2, 0.25) is 0 Å². The molecule has 3 heterocycles. The van der Waals surface area contributed by atoms with E-state index in [2.05, 4.69) is 25.7 Å². The van der Waals surface area contributed by atoms with E-state index in [1.807, 2.05) is 44.2 Å². The number of hydrogen-bond acceptors (Lipinski definition) is 7. The summed E-state index contributed by atoms with van der Waals surface area (Å²) in [5.41, 5.74) is 3.63. The van der Waals surface area contributed by atoms with Gasteiger partial charge in [-0.2, -0.15) is 0 Å². The fraction of sp³-hybridized carbons (Fsp3) is 0.371. The maximum Gasteiger partial charge on any atom is 0.315 e. The number of rotatable bonds is 9. The van der Waals surface area contributed by atoms with Gasteiger partial charge in [0.25, 0.3) is 5.91 Å². The largest absolute Gasteiger partial charge is 0.491 e. The molecule has 1 saturated carbocycles. The zero-order valence-corrected chi connectivity index (χ0v) is 27.1. The summed E-state index contributed by atoms with van der Waals surface area (Å²) in [5, 5.41) is 10.4. The van der Waals surface area contributed by atoms with Crippen molar-refractivity contribution < 1.29 is 22.7 Å². The van der Waals surface area contributed by atoms with E-state index in [9.17, 15) is 18.0 Å². The number of benzene rings is 2. The van der Waals surface area contributed by atoms with E-state index in [1.165, 1.54) is 6.20 Å². The molecule has 0 spiro atoms. The molecule has 2 aliphatic carbocycles. The quantitative estimate of drug-likeness (QED) is 0.205. The van der Waals surface area contributed by atoms with E-state index in [-0.39, 0.29) is 35.3 Å². The molecule has 3 aliphatic rings. The molecular formula is C35H38N6O5S. The molecular weight excluding hydrogens is 616 g/mol. The second kappa shape index (κ2) is 12.6. The second-order valence-corrected chi connectivity index (χ2v) is 14.8. The Labute approximate surface area is 274 Å². The van der Waals surface area contributed by atoms with Crippen molar-refractivity contribution in [3.63, 3.8) is 0 Å². The van der Waals surface area contributed by atoms with Gasteiger partial charge in [0.2, 0.25) is 10.0 Å². The maximum atomic E-state index is 13.8. The summed E-state index contributed by atoms with van der Waals surface area (Å²) in [6, 6.07) is 12.9. The van der Waals surface area contributed by atoms with Gasteiger partial charge in [0.1, 0.15) is 12.4 Å². The first-order valence-corrected chi connectivity index (χ1v) is 17.6. The number of nitrogens with zero attached hydrogens (tertiary/aromatic N) is 2. The molecule has 244 valence electrons. The van der Waals surface area contributed by atoms with Crippen LogP contribution in [0.25, 0.3) is 10.8 Å². The normalized spacial score (nSPS) is 20.3. The summed E-state index contributed by atoms with van der Waals surface area (Å²) in [5.74, 6) is 0.888. The second-order valence-electron chi connectivity index (χ2n) is 13.0. The molecule has 47 heavy (non-hydrogen) atoms. The van der Waals surface area contributed by atoms with Gasteiger partial charge >= 0.3 is 6.03 Å². The van der Waals surface area contributed by atoms with Crippen molar-refractivity contribution in [3.05, 3.63) is 95.1 Å². The summed E-state index contributed by atoms with van der Waals surface area (Å²) in [4.78, 5) is 35.8. The van der Waals surface area contributed by atoms with Gasteiger partial charge in [-0.05, 0) is 78.6 Å². The predicted octanol–water partition coefficient (Wildman–Crippen LogP) is 4.66. The first-order valence-electron chi connectivity index (χ1n) is 16.1. The molecule has 2 aromatic carbocycles. The fourth-order valence-corrected chi connectivity index (χ4v) is 7.94. The fourth-order valence-electron chi connectivity index (χ4n) is 6.49. The van der Waals surface area contributed by atoms with E-state index in [1.54, 1.807) is 30.6 Å². The smallest absolute Gasteiger partial charge is 0.315 e. The molecule has 3 atom stereocenters. The minimum atomic E-state index is -3.93. The molecule has 1 aliphatic heterocycles. The first-order chi connectivity index (χ1) is 22.7. The van der Waals surface area contributed by atoms with Crippen LogP contribution in [0.4, 0.5) is 4.79 Å². The summed E-state index contributed by atoms with van der Waals surface area (Å²) in [7, 11) is -3.93. The highest BCUT2D eigenvalue weighted by Gasteiger charge is 2.38. The summed E-state index contributed by atoms with van der Waals surface area (Å²) < 4.78 is 36.3. The number of fused-ring (bicyclic) bond motifs is 4. The molecule has 7 rings (SSSR count). The van der Waals surface area contributed by atoms with Crippen molar-refractivity contribution in [2.75, 3.05) is 13.2 Å². The van der Waals surface area contributed by atoms with E-state index in [0.717, 1.165) is 35.4 Å². The van der Waals surface area contributed by atoms with E-state index in [4.69, 9.17) is 9.72 Å². The molecule has 1 fully saturated rings. The highest BCUT2D eigenvalue weighted by Crippen LogP contribution is 2.47. The van der Waals surface area contributed by atoms with Crippen LogP contribution < -0.4 is 25.4 Å². The van der Waals surface area contributed by atoms with Crippen molar-refractivity contribution in [2.45, 2.75) is 68.5 Å². The average Bonchev–Trinajstić information content (AvgIpc) is 3.87. The lowest BCUT2D eigenvalue weighted by atomic mass is 9.98. The topological polar surface area (TPSA) is 151 Å². The van der Waals surface area contributed by atoms with Gasteiger partial charge in [-0.15, -0.1) is 0 Å². The van der Waals surface area contributed by atoms with Crippen LogP contribution in [-0.2, 0) is 16.4 Å². The monoisotopic (exact) mass is 654 g/mol. The molecule has 11 nitrogen and oxygen atoms in total. The van der Waals surface area contributed by atoms with Crippen molar-refractivity contribution in [3.8, 4) is 5.75 Å². The van der Waals surface area contributed by atoms with Gasteiger partial charge in [-0.1, -0.05) is 32.0 Å². The van der Waals surface area contributed by atoms with Crippen LogP contribution in [0.15, 0.2) is 72.0 Å². The molecule has 0 bridgehead atoms. The van der Waals surface area contributed by atoms with Gasteiger partial charge < -0.3 is 20.7 Å². The van der Waals surface area contributed by atoms with Crippen molar-refractivity contribution in [1.29, 1.82) is 0 Å². The molecule has 2 aromatic heterocycles. The highest BCUT2D eigenvalue weighted by atomic mass is 32.2. The average molecular weight is 655 g/mol. The molecule has 0 radical (unpaired) electrons. The number of urea groups is 1. The van der Waals surface area contributed by atoms with Crippen LogP contribution in [0, 0.1) is 5.92 Å². The maximum absolute atomic E-state index is 13.8. The van der Waals surface area contributed by atoms with Crippen LogP contribution in [0.5, 0.6) is 5.75 Å². The Morgan fingerprint density at radius 1 is 0.979 bits per heavy atom. The van der Waals surface area contributed by atoms with Gasteiger partial charge in [0, 0.05) is 47.5 Å². The summed E-state index contributed by atoms with van der Waals surface area (Å²) >= 11 is 0. The number of ether oxygens (including phenoxy) is 1. The number of pyridine rings is 2. The van der Waals surface area contributed by atoms with Crippen LogP contribution in [0.3, 0.4) is 0 Å². The molecule has 3 amide bonds. The predicted molar refractivity (Wildman–Crippen MR) is 177 cm³/mol. The SMILES string of the molecule is CC(C)CNS(=O)(=O)c1cc2c(c3cnc(C4CC4)cc13)[C@@H](NC(=O)NC1COc3ccccc3C1)C[C@@H]2NC(=O)c1cccnc1. The number of para-hydroxylation sites is 1. The minimum Gasteiger partial charge on any atom is -0.491 e. The number of aromatic nitrogens is 2. The third kappa shape index (κ3) is 6.52. The highest BCUT2D eigenvalue weighted by molar-refractivity contribution is 7.89. The molecule has 12 heteroatoms. The number of carbonyl (C=O) groups excluding carboxylic acids is 2. The standard InChI is InChI=1S/C35H38N6O5S/c1-20(2)16-38-47(44,45)32-14-26-29(40-34(42)23-7-5-11-36-17-23)15-30(33(26)27-18-37-28(13-25(27)32)21-9-10-21)41-35(43)39-24-12-22-6-3-4-8-31(22)46-19-24/h3-8,11,13-14,17-18,20-21,24,29-30,38H,9-10,12,15-16,19H2,1-2H3,(H,40,42)(H2,39,41,43)/t24?,29-,30-/m0/s1. The third-order valence-corrected chi connectivity index (χ3v) is 10.5. The zero-order chi connectivity index (χ0) is 32.7. The lowest BCUT2D eigenvalue weighted by Crippen LogP contribution is -2.48. The summed E-state index contributed by atoms with van der Waals surface area (Å²) in [6.07, 6.45) is 7.78. The van der Waals surface area contributed by atoms with Crippen molar-refractivity contribution in [2.24, 2.45) is 5.92 Å². The van der Waals surface area contributed by atoms with Crippen LogP contribution in [-0.4, -0.2) is 49.5 Å². The summed E-state index contributed by atoms with van der Waals surface area (Å²) in [6.45, 7) is 4.52. The Balaban J connectivity index is 1.26. The number of amides is 3. The lowest BCUT2D eigenvalue weighted by Gasteiger charge is -2.27. The Bertz CT molecular complexity index is 1950. The minimum absolute atomic E-state index is 0.107. The Morgan fingerprint density at radius 3 is 2.57 bits per heavy atom. The Morgan fingerprint density at radius 2 is 1.81 bits per heavy atom. The molecule has 1 unspecified atom stereocenters. The van der Waals surface area contributed by atoms with Crippen molar-refractivity contribution >= 4 is 32.7 Å². The van der Waals surface area contributed by atoms with Gasteiger partial charge in [-0.3, -0.25) is 14.8 Å². The Kier molecular flexibility index (Phi) is 8.31. The molecule has 4 aromatic rings. The zero-order valence-electron chi connectivity index (χ0n) is 26.3. The lowest BCUT2D eigenvalue weighted by molar-refractivity contribution is 0.0935. The molecule has 4 N–H and O–H groups in total. The Hall–Kier alpha value is -4.55. The van der Waals surface area contributed by atoms with Gasteiger partial charge in [-0.25, -0.2) is 17.9 Å². The van der Waals surface area contributed by atoms with Gasteiger partial charge in [0.05, 0.1) is 28.6 Å². The van der Waals surface area contributed by atoms with E-state index >= 15 is 0 Å². The molecule has 0 saturated heterocycles. The van der Waals surface area contributed by atoms with Crippen LogP contribution in [0.1, 0.15) is 83.9 Å². The van der Waals surface area contributed by atoms with E-state index < -0.39 is 22.1 Å². The van der Waals surface area contributed by atoms with Gasteiger partial charge in [0.15, 0.2) is 0 Å².